The summed E-state index contributed by atoms with van der Waals surface area (Å²) in [6.07, 6.45) is 2.43. The average Bonchev–Trinajstić information content (AvgIpc) is 2.95. The Balaban J connectivity index is 2.12. The number of carbonyl (C=O) groups is 3. The molecule has 0 aromatic rings. The van der Waals surface area contributed by atoms with Crippen molar-refractivity contribution in [2.24, 2.45) is 17.3 Å². The van der Waals surface area contributed by atoms with Crippen molar-refractivity contribution in [3.05, 3.63) is 22.8 Å². The van der Waals surface area contributed by atoms with Crippen LogP contribution in [-0.4, -0.2) is 43.0 Å². The second-order valence-electron chi connectivity index (χ2n) is 8.95. The summed E-state index contributed by atoms with van der Waals surface area (Å²) < 4.78 is 23.2. The Morgan fingerprint density at radius 1 is 1.20 bits per heavy atom. The molecular formula is C23H32O7. The van der Waals surface area contributed by atoms with Crippen molar-refractivity contribution in [3.63, 3.8) is 0 Å². The number of fused-ring (bicyclic) bond motifs is 2. The molecule has 2 saturated carbocycles. The first-order valence-corrected chi connectivity index (χ1v) is 10.5. The van der Waals surface area contributed by atoms with Gasteiger partial charge in [0.2, 0.25) is 5.79 Å². The monoisotopic (exact) mass is 420 g/mol. The second-order valence-corrected chi connectivity index (χ2v) is 8.95. The van der Waals surface area contributed by atoms with Gasteiger partial charge in [-0.1, -0.05) is 19.9 Å². The van der Waals surface area contributed by atoms with Crippen LogP contribution in [0.2, 0.25) is 0 Å². The molecule has 0 radical (unpaired) electrons. The summed E-state index contributed by atoms with van der Waals surface area (Å²) in [5.74, 6) is -2.66. The third-order valence-electron chi connectivity index (χ3n) is 7.51. The maximum atomic E-state index is 12.5. The largest absolute Gasteiger partial charge is 0.459 e. The second kappa shape index (κ2) is 7.84. The number of hydrogen-bond donors (Lipinski definition) is 0. The van der Waals surface area contributed by atoms with Gasteiger partial charge >= 0.3 is 17.9 Å². The average molecular weight is 421 g/mol. The number of hydrogen-bond acceptors (Lipinski definition) is 7. The van der Waals surface area contributed by atoms with E-state index in [9.17, 15) is 14.4 Å². The molecule has 0 aromatic heterocycles. The Labute approximate surface area is 177 Å². The van der Waals surface area contributed by atoms with Crippen LogP contribution in [0.1, 0.15) is 60.8 Å². The summed E-state index contributed by atoms with van der Waals surface area (Å²) >= 11 is 0. The van der Waals surface area contributed by atoms with Crippen LogP contribution < -0.4 is 0 Å². The molecule has 0 N–H and O–H groups in total. The third kappa shape index (κ3) is 3.27. The van der Waals surface area contributed by atoms with Crippen LogP contribution in [0.5, 0.6) is 0 Å². The molecule has 2 aliphatic carbocycles. The molecule has 1 aliphatic heterocycles. The Morgan fingerprint density at radius 3 is 2.43 bits per heavy atom. The highest BCUT2D eigenvalue weighted by atomic mass is 16.7. The number of methoxy groups -OCH3 is 1. The Bertz CT molecular complexity index is 825. The van der Waals surface area contributed by atoms with Crippen molar-refractivity contribution < 1.29 is 33.3 Å². The van der Waals surface area contributed by atoms with Gasteiger partial charge in [-0.25, -0.2) is 9.59 Å². The first kappa shape index (κ1) is 22.5. The number of ether oxygens (including phenoxy) is 4. The van der Waals surface area contributed by atoms with E-state index < -0.39 is 35.3 Å². The molecule has 0 spiro atoms. The van der Waals surface area contributed by atoms with Gasteiger partial charge in [0, 0.05) is 42.9 Å². The first-order chi connectivity index (χ1) is 14.0. The topological polar surface area (TPSA) is 88.1 Å². The fourth-order valence-corrected chi connectivity index (χ4v) is 5.40. The Morgan fingerprint density at radius 2 is 1.87 bits per heavy atom. The predicted molar refractivity (Wildman–Crippen MR) is 108 cm³/mol. The minimum Gasteiger partial charge on any atom is -0.459 e. The molecular weight excluding hydrogens is 388 g/mol. The van der Waals surface area contributed by atoms with Crippen molar-refractivity contribution in [2.45, 2.75) is 78.8 Å². The van der Waals surface area contributed by atoms with E-state index in [2.05, 4.69) is 13.8 Å². The molecule has 0 saturated heterocycles. The van der Waals surface area contributed by atoms with Crippen molar-refractivity contribution in [1.29, 1.82) is 0 Å². The van der Waals surface area contributed by atoms with Gasteiger partial charge in [0.15, 0.2) is 0 Å². The van der Waals surface area contributed by atoms with E-state index in [1.807, 2.05) is 0 Å². The molecule has 1 heterocycles. The number of esters is 3. The minimum absolute atomic E-state index is 0.162. The molecule has 3 aliphatic rings. The lowest BCUT2D eigenvalue weighted by Gasteiger charge is -2.58. The molecule has 2 fully saturated rings. The molecule has 7 heteroatoms. The highest BCUT2D eigenvalue weighted by Crippen LogP contribution is 2.61. The fraction of sp³-hybridized carbons (Fsp3) is 0.696. The summed E-state index contributed by atoms with van der Waals surface area (Å²) in [7, 11) is 1.48. The number of rotatable bonds is 4. The van der Waals surface area contributed by atoms with Gasteiger partial charge in [-0.05, 0) is 39.5 Å². The van der Waals surface area contributed by atoms with Gasteiger partial charge in [-0.3, -0.25) is 4.79 Å². The van der Waals surface area contributed by atoms with E-state index in [-0.39, 0.29) is 17.8 Å². The zero-order valence-corrected chi connectivity index (χ0v) is 18.9. The third-order valence-corrected chi connectivity index (χ3v) is 7.51. The molecule has 0 bridgehead atoms. The van der Waals surface area contributed by atoms with Gasteiger partial charge in [0.25, 0.3) is 0 Å². The van der Waals surface area contributed by atoms with Gasteiger partial charge in [0.05, 0.1) is 5.57 Å². The summed E-state index contributed by atoms with van der Waals surface area (Å²) in [5.41, 5.74) is 0.977. The zero-order valence-electron chi connectivity index (χ0n) is 18.9. The number of carbonyl (C=O) groups excluding carboxylic acids is 3. The van der Waals surface area contributed by atoms with E-state index in [1.54, 1.807) is 26.8 Å². The Kier molecular flexibility index (Phi) is 5.89. The summed E-state index contributed by atoms with van der Waals surface area (Å²) in [4.78, 5) is 37.2. The standard InChI is InChI=1S/C23H32O7/c1-8-12(2)20(25)29-17-10-9-13(3)22(6)16(17)11-23(27-7)18(14(4)21(26)30-23)19(22)28-15(5)24/h8,13,16-17,19H,9-11H2,1-7H3/b12-8-/t13-,16-,17-,19+,22+,23-/m0/s1. The van der Waals surface area contributed by atoms with Crippen molar-refractivity contribution in [2.75, 3.05) is 7.11 Å². The molecule has 7 nitrogen and oxygen atoms in total. The van der Waals surface area contributed by atoms with Gasteiger partial charge in [-0.2, -0.15) is 0 Å². The highest BCUT2D eigenvalue weighted by molar-refractivity contribution is 5.93. The summed E-state index contributed by atoms with van der Waals surface area (Å²) in [6, 6.07) is 0. The predicted octanol–water partition coefficient (Wildman–Crippen LogP) is 3.47. The summed E-state index contributed by atoms with van der Waals surface area (Å²) in [5, 5.41) is 0. The first-order valence-electron chi connectivity index (χ1n) is 10.5. The van der Waals surface area contributed by atoms with E-state index in [0.29, 0.717) is 29.6 Å². The quantitative estimate of drug-likeness (QED) is 0.391. The number of allylic oxidation sites excluding steroid dienone is 1. The van der Waals surface area contributed by atoms with Crippen LogP contribution in [0.3, 0.4) is 0 Å². The zero-order chi connectivity index (χ0) is 22.4. The molecule has 3 rings (SSSR count). The lowest BCUT2D eigenvalue weighted by molar-refractivity contribution is -0.250. The van der Waals surface area contributed by atoms with Crippen LogP contribution in [0, 0.1) is 17.3 Å². The Hall–Kier alpha value is -2.15. The minimum atomic E-state index is -1.32. The van der Waals surface area contributed by atoms with Gasteiger partial charge < -0.3 is 18.9 Å². The van der Waals surface area contributed by atoms with E-state index in [4.69, 9.17) is 18.9 Å². The van der Waals surface area contributed by atoms with Crippen LogP contribution in [0.4, 0.5) is 0 Å². The molecule has 6 atom stereocenters. The normalized spacial score (nSPS) is 38.5. The van der Waals surface area contributed by atoms with Gasteiger partial charge in [0.1, 0.15) is 12.2 Å². The molecule has 0 amide bonds. The lowest BCUT2D eigenvalue weighted by atomic mass is 9.51. The SMILES string of the molecule is C/C=C(/C)C(=O)O[C@H]1CC[C@H](C)[C@@]2(C)[C@H](OC(C)=O)C3=C(C)C(=O)O[C@@]3(OC)C[C@@H]12. The lowest BCUT2D eigenvalue weighted by Crippen LogP contribution is -2.63. The van der Waals surface area contributed by atoms with Crippen molar-refractivity contribution in [3.8, 4) is 0 Å². The molecule has 0 unspecified atom stereocenters. The van der Waals surface area contributed by atoms with Crippen molar-refractivity contribution in [1.82, 2.24) is 0 Å². The molecule has 166 valence electrons. The smallest absolute Gasteiger partial charge is 0.336 e. The maximum absolute atomic E-state index is 12.5. The van der Waals surface area contributed by atoms with Crippen LogP contribution >= 0.6 is 0 Å². The maximum Gasteiger partial charge on any atom is 0.336 e. The van der Waals surface area contributed by atoms with E-state index in [1.165, 1.54) is 14.0 Å². The molecule has 30 heavy (non-hydrogen) atoms. The van der Waals surface area contributed by atoms with Crippen LogP contribution in [0.25, 0.3) is 0 Å². The van der Waals surface area contributed by atoms with Crippen molar-refractivity contribution >= 4 is 17.9 Å². The van der Waals surface area contributed by atoms with Gasteiger partial charge in [-0.15, -0.1) is 0 Å². The van der Waals surface area contributed by atoms with E-state index in [0.717, 1.165) is 6.42 Å². The molecule has 0 aromatic carbocycles. The van der Waals surface area contributed by atoms with Crippen LogP contribution in [-0.2, 0) is 33.3 Å². The van der Waals surface area contributed by atoms with E-state index >= 15 is 0 Å². The highest BCUT2D eigenvalue weighted by Gasteiger charge is 2.67. The summed E-state index contributed by atoms with van der Waals surface area (Å²) in [6.45, 7) is 10.7. The van der Waals surface area contributed by atoms with Crippen LogP contribution in [0.15, 0.2) is 22.8 Å². The fourth-order valence-electron chi connectivity index (χ4n) is 5.40.